The fourth-order valence-corrected chi connectivity index (χ4v) is 3.41. The van der Waals surface area contributed by atoms with Crippen molar-refractivity contribution < 1.29 is 4.74 Å². The molecule has 140 valence electrons. The van der Waals surface area contributed by atoms with Crippen LogP contribution in [-0.2, 0) is 17.8 Å². The third kappa shape index (κ3) is 6.01. The lowest BCUT2D eigenvalue weighted by Crippen LogP contribution is -2.46. The van der Waals surface area contributed by atoms with E-state index in [0.29, 0.717) is 5.41 Å². The molecule has 2 N–H and O–H groups in total. The monoisotopic (exact) mass is 346 g/mol. The zero-order valence-corrected chi connectivity index (χ0v) is 16.3. The molecule has 0 unspecified atom stereocenters. The normalized spacial score (nSPS) is 16.6. The van der Waals surface area contributed by atoms with Crippen molar-refractivity contribution >= 4 is 5.96 Å². The Bertz CT molecular complexity index is 552. The summed E-state index contributed by atoms with van der Waals surface area (Å²) in [7, 11) is 7.82. The molecule has 1 aromatic rings. The van der Waals surface area contributed by atoms with Gasteiger partial charge in [0.1, 0.15) is 0 Å². The first-order valence-electron chi connectivity index (χ1n) is 9.23. The van der Waals surface area contributed by atoms with Gasteiger partial charge in [-0.15, -0.1) is 0 Å². The second-order valence-corrected chi connectivity index (χ2v) is 7.38. The Labute approximate surface area is 152 Å². The molecule has 0 radical (unpaired) electrons. The third-order valence-corrected chi connectivity index (χ3v) is 5.16. The van der Waals surface area contributed by atoms with Gasteiger partial charge < -0.3 is 20.3 Å². The van der Waals surface area contributed by atoms with Crippen molar-refractivity contribution in [3.63, 3.8) is 0 Å². The van der Waals surface area contributed by atoms with Crippen LogP contribution in [0.1, 0.15) is 36.8 Å². The zero-order valence-electron chi connectivity index (χ0n) is 16.3. The van der Waals surface area contributed by atoms with E-state index in [1.165, 1.54) is 30.4 Å². The first-order valence-corrected chi connectivity index (χ1v) is 9.23. The third-order valence-electron chi connectivity index (χ3n) is 5.16. The predicted octanol–water partition coefficient (Wildman–Crippen LogP) is 2.62. The lowest BCUT2D eigenvalue weighted by atomic mass is 9.67. The van der Waals surface area contributed by atoms with E-state index in [2.05, 4.69) is 58.9 Å². The molecule has 0 bridgehead atoms. The fraction of sp³-hybridized carbons (Fsp3) is 0.650. The van der Waals surface area contributed by atoms with Crippen LogP contribution in [0, 0.1) is 5.41 Å². The van der Waals surface area contributed by atoms with E-state index in [4.69, 9.17) is 4.74 Å². The molecule has 5 heteroatoms. The summed E-state index contributed by atoms with van der Waals surface area (Å²) in [6.45, 7) is 3.54. The summed E-state index contributed by atoms with van der Waals surface area (Å²) >= 11 is 0. The Hall–Kier alpha value is -1.59. The summed E-state index contributed by atoms with van der Waals surface area (Å²) in [5.41, 5.74) is 3.05. The first-order chi connectivity index (χ1) is 12.1. The van der Waals surface area contributed by atoms with Crippen LogP contribution in [0.2, 0.25) is 0 Å². The van der Waals surface area contributed by atoms with E-state index >= 15 is 0 Å². The molecule has 0 amide bonds. The van der Waals surface area contributed by atoms with Crippen LogP contribution in [0.15, 0.2) is 29.3 Å². The molecule has 1 fully saturated rings. The number of benzene rings is 1. The number of hydrogen-bond donors (Lipinski definition) is 2. The summed E-state index contributed by atoms with van der Waals surface area (Å²) in [5.74, 6) is 0.878. The van der Waals surface area contributed by atoms with Crippen molar-refractivity contribution in [3.8, 4) is 0 Å². The molecule has 0 saturated heterocycles. The Kier molecular flexibility index (Phi) is 7.72. The van der Waals surface area contributed by atoms with Crippen molar-refractivity contribution in [2.24, 2.45) is 10.4 Å². The number of nitrogens with zero attached hydrogens (tertiary/aromatic N) is 2. The number of aliphatic imine (C=N–C) groups is 1. The minimum absolute atomic E-state index is 0.385. The molecular formula is C20H34N4O. The highest BCUT2D eigenvalue weighted by Gasteiger charge is 2.36. The van der Waals surface area contributed by atoms with Gasteiger partial charge in [0.2, 0.25) is 0 Å². The maximum atomic E-state index is 5.28. The van der Waals surface area contributed by atoms with Crippen LogP contribution in [-0.4, -0.2) is 52.3 Å². The quantitative estimate of drug-likeness (QED) is 0.533. The standard InChI is InChI=1S/C20H34N4O/c1-21-19(23-16-20(10-7-11-20)12-13-25-4)22-14-17-8-5-6-9-18(17)15-24(2)3/h5-6,8-9H,7,10-16H2,1-4H3,(H2,21,22,23). The highest BCUT2D eigenvalue weighted by atomic mass is 16.5. The largest absolute Gasteiger partial charge is 0.385 e. The SMILES string of the molecule is CN=C(NCc1ccccc1CN(C)C)NCC1(CCOC)CCC1. The molecule has 0 aromatic heterocycles. The summed E-state index contributed by atoms with van der Waals surface area (Å²) in [5, 5.41) is 6.99. The van der Waals surface area contributed by atoms with E-state index < -0.39 is 0 Å². The molecule has 5 nitrogen and oxygen atoms in total. The molecule has 1 saturated carbocycles. The van der Waals surface area contributed by atoms with Crippen LogP contribution < -0.4 is 10.6 Å². The molecular weight excluding hydrogens is 312 g/mol. The van der Waals surface area contributed by atoms with Gasteiger partial charge in [-0.05, 0) is 49.9 Å². The van der Waals surface area contributed by atoms with Gasteiger partial charge in [0.05, 0.1) is 0 Å². The second-order valence-electron chi connectivity index (χ2n) is 7.38. The average molecular weight is 347 g/mol. The van der Waals surface area contributed by atoms with Gasteiger partial charge in [-0.2, -0.15) is 0 Å². The van der Waals surface area contributed by atoms with Crippen molar-refractivity contribution in [2.45, 2.75) is 38.8 Å². The van der Waals surface area contributed by atoms with Gasteiger partial charge in [-0.25, -0.2) is 0 Å². The van der Waals surface area contributed by atoms with Crippen LogP contribution >= 0.6 is 0 Å². The predicted molar refractivity (Wildman–Crippen MR) is 105 cm³/mol. The molecule has 1 aliphatic rings. The van der Waals surface area contributed by atoms with Gasteiger partial charge in [-0.3, -0.25) is 4.99 Å². The number of methoxy groups -OCH3 is 1. The van der Waals surface area contributed by atoms with Gasteiger partial charge in [0.15, 0.2) is 5.96 Å². The maximum Gasteiger partial charge on any atom is 0.191 e. The molecule has 0 heterocycles. The van der Waals surface area contributed by atoms with Crippen LogP contribution in [0.3, 0.4) is 0 Å². The molecule has 25 heavy (non-hydrogen) atoms. The molecule has 1 aromatic carbocycles. The van der Waals surface area contributed by atoms with E-state index in [-0.39, 0.29) is 0 Å². The number of nitrogens with one attached hydrogen (secondary N) is 2. The highest BCUT2D eigenvalue weighted by Crippen LogP contribution is 2.43. The molecule has 0 spiro atoms. The second kappa shape index (κ2) is 9.78. The topological polar surface area (TPSA) is 48.9 Å². The van der Waals surface area contributed by atoms with Crippen molar-refractivity contribution in [1.29, 1.82) is 0 Å². The van der Waals surface area contributed by atoms with Crippen LogP contribution in [0.5, 0.6) is 0 Å². The first kappa shape index (κ1) is 19.7. The van der Waals surface area contributed by atoms with E-state index in [1.807, 2.05) is 7.05 Å². The van der Waals surface area contributed by atoms with Gasteiger partial charge in [0, 0.05) is 40.4 Å². The van der Waals surface area contributed by atoms with Crippen molar-refractivity contribution in [2.75, 3.05) is 41.4 Å². The molecule has 0 atom stereocenters. The maximum absolute atomic E-state index is 5.28. The zero-order chi connectivity index (χ0) is 18.1. The lowest BCUT2D eigenvalue weighted by molar-refractivity contribution is 0.0732. The van der Waals surface area contributed by atoms with E-state index in [0.717, 1.165) is 38.6 Å². The number of rotatable bonds is 9. The molecule has 2 rings (SSSR count). The van der Waals surface area contributed by atoms with E-state index in [1.54, 1.807) is 7.11 Å². The lowest BCUT2D eigenvalue weighted by Gasteiger charge is -2.42. The highest BCUT2D eigenvalue weighted by molar-refractivity contribution is 5.79. The minimum Gasteiger partial charge on any atom is -0.385 e. The Morgan fingerprint density at radius 3 is 2.48 bits per heavy atom. The van der Waals surface area contributed by atoms with Crippen LogP contribution in [0.25, 0.3) is 0 Å². The summed E-state index contributed by atoms with van der Waals surface area (Å²) in [4.78, 5) is 6.58. The van der Waals surface area contributed by atoms with Crippen molar-refractivity contribution in [3.05, 3.63) is 35.4 Å². The van der Waals surface area contributed by atoms with E-state index in [9.17, 15) is 0 Å². The number of ether oxygens (including phenoxy) is 1. The smallest absolute Gasteiger partial charge is 0.191 e. The Balaban J connectivity index is 1.86. The minimum atomic E-state index is 0.385. The van der Waals surface area contributed by atoms with Gasteiger partial charge in [-0.1, -0.05) is 30.7 Å². The molecule has 0 aliphatic heterocycles. The summed E-state index contributed by atoms with van der Waals surface area (Å²) in [6, 6.07) is 8.58. The van der Waals surface area contributed by atoms with Gasteiger partial charge >= 0.3 is 0 Å². The van der Waals surface area contributed by atoms with Gasteiger partial charge in [0.25, 0.3) is 0 Å². The molecule has 1 aliphatic carbocycles. The fourth-order valence-electron chi connectivity index (χ4n) is 3.41. The number of guanidine groups is 1. The summed E-state index contributed by atoms with van der Waals surface area (Å²) in [6.07, 6.45) is 5.02. The Morgan fingerprint density at radius 2 is 1.92 bits per heavy atom. The number of hydrogen-bond acceptors (Lipinski definition) is 3. The Morgan fingerprint density at radius 1 is 1.20 bits per heavy atom. The van der Waals surface area contributed by atoms with Crippen molar-refractivity contribution in [1.82, 2.24) is 15.5 Å². The van der Waals surface area contributed by atoms with Crippen LogP contribution in [0.4, 0.5) is 0 Å². The summed E-state index contributed by atoms with van der Waals surface area (Å²) < 4.78 is 5.28. The average Bonchev–Trinajstić information content (AvgIpc) is 2.57.